The first-order valence-electron chi connectivity index (χ1n) is 2.82. The van der Waals surface area contributed by atoms with Crippen molar-refractivity contribution >= 4 is 0 Å². The van der Waals surface area contributed by atoms with Crippen LogP contribution in [0.2, 0.25) is 0 Å². The van der Waals surface area contributed by atoms with E-state index in [1.165, 1.54) is 0 Å². The van der Waals surface area contributed by atoms with Crippen LogP contribution in [0.25, 0.3) is 0 Å². The Balaban J connectivity index is 2.78. The third-order valence-corrected chi connectivity index (χ3v) is 1.14. The van der Waals surface area contributed by atoms with Gasteiger partial charge in [-0.15, -0.1) is 0 Å². The van der Waals surface area contributed by atoms with Gasteiger partial charge in [-0.05, 0) is 19.1 Å². The van der Waals surface area contributed by atoms with Crippen LogP contribution in [0.1, 0.15) is 6.92 Å². The van der Waals surface area contributed by atoms with Gasteiger partial charge in [0.05, 0.1) is 0 Å². The van der Waals surface area contributed by atoms with Gasteiger partial charge in [0.1, 0.15) is 5.66 Å². The van der Waals surface area contributed by atoms with Gasteiger partial charge < -0.3 is 16.8 Å². The lowest BCUT2D eigenvalue weighted by Gasteiger charge is -2.24. The van der Waals surface area contributed by atoms with Gasteiger partial charge in [-0.1, -0.05) is 0 Å². The lowest BCUT2D eigenvalue weighted by Crippen LogP contribution is -2.48. The largest absolute Gasteiger partial charge is 0.399 e. The summed E-state index contributed by atoms with van der Waals surface area (Å²) in [5.74, 6) is 0. The maximum Gasteiger partial charge on any atom is 0.104 e. The van der Waals surface area contributed by atoms with E-state index >= 15 is 0 Å². The molecule has 0 saturated carbocycles. The van der Waals surface area contributed by atoms with Crippen LogP contribution in [-0.4, -0.2) is 5.66 Å². The Morgan fingerprint density at radius 3 is 2.67 bits per heavy atom. The van der Waals surface area contributed by atoms with Gasteiger partial charge in [-0.2, -0.15) is 0 Å². The Bertz CT molecular complexity index is 167. The molecule has 3 heteroatoms. The lowest BCUT2D eigenvalue weighted by atomic mass is 10.1. The van der Waals surface area contributed by atoms with E-state index in [-0.39, 0.29) is 0 Å². The molecule has 0 fully saturated rings. The Morgan fingerprint density at radius 2 is 2.33 bits per heavy atom. The van der Waals surface area contributed by atoms with E-state index in [1.54, 1.807) is 18.4 Å². The Kier molecular flexibility index (Phi) is 1.21. The smallest absolute Gasteiger partial charge is 0.104 e. The Morgan fingerprint density at radius 1 is 1.67 bits per heavy atom. The highest BCUT2D eigenvalue weighted by Crippen LogP contribution is 2.04. The van der Waals surface area contributed by atoms with Crippen molar-refractivity contribution in [2.75, 3.05) is 0 Å². The van der Waals surface area contributed by atoms with Crippen LogP contribution >= 0.6 is 0 Å². The zero-order valence-electron chi connectivity index (χ0n) is 5.39. The number of nitrogens with two attached hydrogens (primary N) is 2. The summed E-state index contributed by atoms with van der Waals surface area (Å²) in [6, 6.07) is 0. The predicted molar refractivity (Wildman–Crippen MR) is 37.1 cm³/mol. The summed E-state index contributed by atoms with van der Waals surface area (Å²) in [4.78, 5) is 0. The molecule has 1 unspecified atom stereocenters. The number of dihydropyridines is 1. The van der Waals surface area contributed by atoms with Crippen LogP contribution in [0, 0.1) is 0 Å². The van der Waals surface area contributed by atoms with Crippen LogP contribution in [-0.2, 0) is 0 Å². The molecule has 0 bridgehead atoms. The maximum atomic E-state index is 5.65. The number of hydrogen-bond acceptors (Lipinski definition) is 3. The summed E-state index contributed by atoms with van der Waals surface area (Å²) in [6.07, 6.45) is 5.29. The van der Waals surface area contributed by atoms with E-state index in [0.29, 0.717) is 5.70 Å². The molecule has 0 radical (unpaired) electrons. The van der Waals surface area contributed by atoms with E-state index in [9.17, 15) is 0 Å². The van der Waals surface area contributed by atoms with E-state index in [0.717, 1.165) is 0 Å². The summed E-state index contributed by atoms with van der Waals surface area (Å²) in [6.45, 7) is 1.85. The molecule has 0 amide bonds. The number of nitrogens with one attached hydrogen (secondary N) is 1. The third-order valence-electron chi connectivity index (χ3n) is 1.14. The Hall–Kier alpha value is -0.960. The summed E-state index contributed by atoms with van der Waals surface area (Å²) >= 11 is 0. The summed E-state index contributed by atoms with van der Waals surface area (Å²) < 4.78 is 0. The zero-order chi connectivity index (χ0) is 6.91. The van der Waals surface area contributed by atoms with E-state index in [1.807, 2.05) is 6.92 Å². The first-order valence-corrected chi connectivity index (χ1v) is 2.82. The highest BCUT2D eigenvalue weighted by molar-refractivity contribution is 5.24. The molecule has 0 spiro atoms. The topological polar surface area (TPSA) is 64.1 Å². The molecule has 0 aliphatic carbocycles. The van der Waals surface area contributed by atoms with E-state index in [2.05, 4.69) is 5.32 Å². The van der Waals surface area contributed by atoms with Gasteiger partial charge in [-0.25, -0.2) is 0 Å². The molecular weight excluding hydrogens is 114 g/mol. The number of allylic oxidation sites excluding steroid dienone is 1. The molecule has 5 N–H and O–H groups in total. The first kappa shape index (κ1) is 6.16. The van der Waals surface area contributed by atoms with Crippen molar-refractivity contribution < 1.29 is 0 Å². The maximum absolute atomic E-state index is 5.65. The zero-order valence-corrected chi connectivity index (χ0v) is 5.39. The van der Waals surface area contributed by atoms with E-state index < -0.39 is 5.66 Å². The minimum Gasteiger partial charge on any atom is -0.399 e. The van der Waals surface area contributed by atoms with Crippen molar-refractivity contribution in [2.24, 2.45) is 11.5 Å². The monoisotopic (exact) mass is 125 g/mol. The second-order valence-corrected chi connectivity index (χ2v) is 2.40. The second kappa shape index (κ2) is 1.77. The van der Waals surface area contributed by atoms with Crippen molar-refractivity contribution in [1.29, 1.82) is 0 Å². The normalized spacial score (nSPS) is 33.3. The average Bonchev–Trinajstić information content (AvgIpc) is 1.60. The molecule has 1 rings (SSSR count). The lowest BCUT2D eigenvalue weighted by molar-refractivity contribution is 0.514. The molecule has 50 valence electrons. The van der Waals surface area contributed by atoms with Gasteiger partial charge in [0, 0.05) is 11.9 Å². The SMILES string of the molecule is CC1(N)C=C(N)C=CN1. The van der Waals surface area contributed by atoms with Crippen molar-refractivity contribution in [3.63, 3.8) is 0 Å². The molecule has 1 aliphatic heterocycles. The minimum absolute atomic E-state index is 0.473. The van der Waals surface area contributed by atoms with Crippen molar-refractivity contribution in [3.8, 4) is 0 Å². The van der Waals surface area contributed by atoms with Crippen LogP contribution in [0.5, 0.6) is 0 Å². The van der Waals surface area contributed by atoms with Crippen LogP contribution in [0.4, 0.5) is 0 Å². The summed E-state index contributed by atoms with van der Waals surface area (Å²) in [7, 11) is 0. The Labute approximate surface area is 54.4 Å². The second-order valence-electron chi connectivity index (χ2n) is 2.40. The van der Waals surface area contributed by atoms with E-state index in [4.69, 9.17) is 11.5 Å². The molecule has 1 atom stereocenters. The van der Waals surface area contributed by atoms with Gasteiger partial charge in [-0.3, -0.25) is 0 Å². The minimum atomic E-state index is -0.473. The molecule has 0 saturated heterocycles. The molecular formula is C6H11N3. The fraction of sp³-hybridized carbons (Fsp3) is 0.333. The molecule has 1 aliphatic rings. The highest BCUT2D eigenvalue weighted by Gasteiger charge is 2.14. The fourth-order valence-electron chi connectivity index (χ4n) is 0.753. The number of hydrogen-bond donors (Lipinski definition) is 3. The fourth-order valence-corrected chi connectivity index (χ4v) is 0.753. The third kappa shape index (κ3) is 1.47. The van der Waals surface area contributed by atoms with Crippen LogP contribution in [0.3, 0.4) is 0 Å². The summed E-state index contributed by atoms with van der Waals surface area (Å²) in [5.41, 5.74) is 11.3. The average molecular weight is 125 g/mol. The molecule has 0 aromatic carbocycles. The molecule has 0 aromatic heterocycles. The highest BCUT2D eigenvalue weighted by atomic mass is 15.1. The van der Waals surface area contributed by atoms with Gasteiger partial charge in [0.15, 0.2) is 0 Å². The van der Waals surface area contributed by atoms with Crippen LogP contribution in [0.15, 0.2) is 24.0 Å². The molecule has 1 heterocycles. The van der Waals surface area contributed by atoms with Gasteiger partial charge in [0.2, 0.25) is 0 Å². The molecule has 0 aromatic rings. The predicted octanol–water partition coefficient (Wildman–Crippen LogP) is -0.379. The standard InChI is InChI=1S/C6H11N3/c1-6(8)4-5(7)2-3-9-6/h2-4,9H,7-8H2,1H3. The van der Waals surface area contributed by atoms with Gasteiger partial charge in [0.25, 0.3) is 0 Å². The van der Waals surface area contributed by atoms with Crippen molar-refractivity contribution in [3.05, 3.63) is 24.0 Å². The van der Waals surface area contributed by atoms with Crippen molar-refractivity contribution in [2.45, 2.75) is 12.6 Å². The molecule has 3 nitrogen and oxygen atoms in total. The molecule has 9 heavy (non-hydrogen) atoms. The number of rotatable bonds is 0. The van der Waals surface area contributed by atoms with Crippen molar-refractivity contribution in [1.82, 2.24) is 5.32 Å². The first-order chi connectivity index (χ1) is 4.10. The van der Waals surface area contributed by atoms with Crippen LogP contribution < -0.4 is 16.8 Å². The summed E-state index contributed by atoms with van der Waals surface area (Å²) in [5, 5.41) is 2.93. The van der Waals surface area contributed by atoms with Gasteiger partial charge >= 0.3 is 0 Å². The quantitative estimate of drug-likeness (QED) is 0.413.